The van der Waals surface area contributed by atoms with Crippen LogP contribution in [0.5, 0.6) is 0 Å². The Hall–Kier alpha value is -2.18. The lowest BCUT2D eigenvalue weighted by molar-refractivity contribution is -0.123. The number of ketones is 2. The molecule has 0 fully saturated rings. The Morgan fingerprint density at radius 1 is 0.585 bits per heavy atom. The molecule has 0 bridgehead atoms. The van der Waals surface area contributed by atoms with Gasteiger partial charge in [-0.25, -0.2) is 0 Å². The molecule has 0 saturated heterocycles. The molecule has 0 rings (SSSR count). The lowest BCUT2D eigenvalue weighted by Gasteiger charge is -2.08. The molecule has 0 aromatic rings. The summed E-state index contributed by atoms with van der Waals surface area (Å²) < 4.78 is 27.0. The fourth-order valence-corrected chi connectivity index (χ4v) is 2.68. The Balaban J connectivity index is 0. The number of carbonyl (C=O) groups excluding carboxylic acids is 4. The van der Waals surface area contributed by atoms with E-state index in [1.807, 2.05) is 13.0 Å². The summed E-state index contributed by atoms with van der Waals surface area (Å²) in [7, 11) is 0. The molecule has 2 amide bonds. The van der Waals surface area contributed by atoms with Gasteiger partial charge in [0.1, 0.15) is 5.78 Å². The van der Waals surface area contributed by atoms with Crippen LogP contribution in [0.4, 0.5) is 0 Å². The first kappa shape index (κ1) is 41.0. The minimum absolute atomic E-state index is 0.0211. The normalized spacial score (nSPS) is 11.0. The van der Waals surface area contributed by atoms with Crippen LogP contribution >= 0.6 is 0 Å². The number of hydrogen-bond donors (Lipinski definition) is 2. The van der Waals surface area contributed by atoms with Crippen molar-refractivity contribution in [1.29, 1.82) is 0 Å². The number of amides is 2. The predicted octanol–water partition coefficient (Wildman–Crippen LogP) is 3.18. The Bertz CT molecular complexity index is 699. The molecule has 0 unspecified atom stereocenters. The molecule has 240 valence electrons. The summed E-state index contributed by atoms with van der Waals surface area (Å²) in [6.45, 7) is 14.6. The van der Waals surface area contributed by atoms with E-state index in [1.165, 1.54) is 0 Å². The first-order valence-corrected chi connectivity index (χ1v) is 14.8. The molecule has 0 radical (unpaired) electrons. The number of rotatable bonds is 27. The summed E-state index contributed by atoms with van der Waals surface area (Å²) in [6.07, 6.45) is 6.88. The number of nitrogens with one attached hydrogen (secondary N) is 2. The molecular weight excluding hydrogens is 532 g/mol. The van der Waals surface area contributed by atoms with Crippen LogP contribution in [0.1, 0.15) is 79.6 Å². The van der Waals surface area contributed by atoms with Gasteiger partial charge in [0.2, 0.25) is 11.8 Å². The molecule has 2 N–H and O–H groups in total. The van der Waals surface area contributed by atoms with Gasteiger partial charge < -0.3 is 39.1 Å². The van der Waals surface area contributed by atoms with Crippen molar-refractivity contribution in [3.05, 3.63) is 11.6 Å². The Morgan fingerprint density at radius 2 is 0.951 bits per heavy atom. The summed E-state index contributed by atoms with van der Waals surface area (Å²) in [6, 6.07) is 0. The zero-order valence-electron chi connectivity index (χ0n) is 26.2. The quantitative estimate of drug-likeness (QED) is 0.109. The smallest absolute Gasteiger partial charge is 0.222 e. The molecule has 0 aliphatic carbocycles. The van der Waals surface area contributed by atoms with Crippen molar-refractivity contribution in [3.63, 3.8) is 0 Å². The number of allylic oxidation sites excluding steroid dienone is 2. The van der Waals surface area contributed by atoms with Crippen molar-refractivity contribution in [2.24, 2.45) is 0 Å². The third-order valence-electron chi connectivity index (χ3n) is 5.49. The van der Waals surface area contributed by atoms with Gasteiger partial charge in [-0.3, -0.25) is 14.4 Å². The fourth-order valence-electron chi connectivity index (χ4n) is 2.68. The van der Waals surface area contributed by atoms with Crippen LogP contribution in [-0.2, 0) is 42.9 Å². The Labute approximate surface area is 247 Å². The summed E-state index contributed by atoms with van der Waals surface area (Å²) in [5.41, 5.74) is 0.757. The molecule has 0 aliphatic rings. The van der Waals surface area contributed by atoms with E-state index < -0.39 is 0 Å². The second-order valence-corrected chi connectivity index (χ2v) is 9.26. The van der Waals surface area contributed by atoms with Crippen LogP contribution in [0, 0.1) is 0 Å². The summed E-state index contributed by atoms with van der Waals surface area (Å²) >= 11 is 0. The highest BCUT2D eigenvalue weighted by atomic mass is 16.6. The SMILES string of the molecule is CCC(C)=O.CCCCNC(=O)CCOCCOCCOCCOCCOCCC(=O)NCCC/C=C(\C)C(C)=O. The van der Waals surface area contributed by atoms with E-state index in [0.717, 1.165) is 37.8 Å². The highest BCUT2D eigenvalue weighted by molar-refractivity contribution is 5.92. The van der Waals surface area contributed by atoms with Gasteiger partial charge in [0.15, 0.2) is 5.78 Å². The molecule has 0 atom stereocenters. The minimum Gasteiger partial charge on any atom is -0.379 e. The van der Waals surface area contributed by atoms with Crippen molar-refractivity contribution < 1.29 is 42.9 Å². The van der Waals surface area contributed by atoms with E-state index >= 15 is 0 Å². The highest BCUT2D eigenvalue weighted by Gasteiger charge is 2.02. The van der Waals surface area contributed by atoms with E-state index in [0.29, 0.717) is 91.9 Å². The number of carbonyl (C=O) groups is 4. The summed E-state index contributed by atoms with van der Waals surface area (Å²) in [5, 5.41) is 5.68. The van der Waals surface area contributed by atoms with Gasteiger partial charge in [-0.1, -0.05) is 26.3 Å². The van der Waals surface area contributed by atoms with Gasteiger partial charge in [0, 0.05) is 32.4 Å². The lowest BCUT2D eigenvalue weighted by Crippen LogP contribution is -2.25. The molecule has 0 aliphatic heterocycles. The zero-order chi connectivity index (χ0) is 31.0. The van der Waals surface area contributed by atoms with Crippen molar-refractivity contribution in [1.82, 2.24) is 10.6 Å². The largest absolute Gasteiger partial charge is 0.379 e. The topological polar surface area (TPSA) is 138 Å². The third-order valence-corrected chi connectivity index (χ3v) is 5.49. The van der Waals surface area contributed by atoms with Crippen molar-refractivity contribution >= 4 is 23.4 Å². The number of ether oxygens (including phenoxy) is 5. The molecule has 0 saturated carbocycles. The lowest BCUT2D eigenvalue weighted by atomic mass is 10.1. The van der Waals surface area contributed by atoms with Gasteiger partial charge in [0.05, 0.1) is 66.1 Å². The van der Waals surface area contributed by atoms with Gasteiger partial charge >= 0.3 is 0 Å². The molecule has 11 nitrogen and oxygen atoms in total. The maximum Gasteiger partial charge on any atom is 0.222 e. The van der Waals surface area contributed by atoms with Crippen LogP contribution in [0.2, 0.25) is 0 Å². The van der Waals surface area contributed by atoms with Crippen LogP contribution in [0.15, 0.2) is 11.6 Å². The van der Waals surface area contributed by atoms with E-state index in [2.05, 4.69) is 17.6 Å². The second kappa shape index (κ2) is 32.3. The van der Waals surface area contributed by atoms with E-state index in [9.17, 15) is 19.2 Å². The third kappa shape index (κ3) is 35.8. The van der Waals surface area contributed by atoms with Crippen LogP contribution < -0.4 is 10.6 Å². The van der Waals surface area contributed by atoms with Gasteiger partial charge in [0.25, 0.3) is 0 Å². The molecule has 0 aromatic carbocycles. The molecule has 0 spiro atoms. The molecule has 11 heteroatoms. The van der Waals surface area contributed by atoms with Crippen molar-refractivity contribution in [2.75, 3.05) is 79.2 Å². The van der Waals surface area contributed by atoms with Crippen LogP contribution in [-0.4, -0.2) is 103 Å². The molecule has 41 heavy (non-hydrogen) atoms. The van der Waals surface area contributed by atoms with Gasteiger partial charge in [-0.05, 0) is 45.6 Å². The first-order chi connectivity index (χ1) is 19.7. The second-order valence-electron chi connectivity index (χ2n) is 9.26. The molecule has 0 heterocycles. The van der Waals surface area contributed by atoms with E-state index in [-0.39, 0.29) is 23.4 Å². The van der Waals surface area contributed by atoms with Crippen LogP contribution in [0.25, 0.3) is 0 Å². The minimum atomic E-state index is -0.0458. The maximum atomic E-state index is 11.7. The predicted molar refractivity (Wildman–Crippen MR) is 159 cm³/mol. The molecule has 0 aromatic heterocycles. The Morgan fingerprint density at radius 3 is 1.29 bits per heavy atom. The van der Waals surface area contributed by atoms with Crippen molar-refractivity contribution in [2.45, 2.75) is 79.6 Å². The number of unbranched alkanes of at least 4 members (excludes halogenated alkanes) is 2. The van der Waals surface area contributed by atoms with Crippen molar-refractivity contribution in [3.8, 4) is 0 Å². The first-order valence-electron chi connectivity index (χ1n) is 14.8. The zero-order valence-corrected chi connectivity index (χ0v) is 26.2. The monoisotopic (exact) mass is 588 g/mol. The average Bonchev–Trinajstić information content (AvgIpc) is 2.94. The van der Waals surface area contributed by atoms with Gasteiger partial charge in [-0.2, -0.15) is 0 Å². The number of hydrogen-bond acceptors (Lipinski definition) is 9. The highest BCUT2D eigenvalue weighted by Crippen LogP contribution is 1.99. The summed E-state index contributed by atoms with van der Waals surface area (Å²) in [4.78, 5) is 44.1. The van der Waals surface area contributed by atoms with E-state index in [1.54, 1.807) is 20.8 Å². The standard InChI is InChI=1S/C26H48N2O8.C4H8O/c1-4-5-11-27-25(30)9-13-32-15-17-34-19-21-36-22-20-35-18-16-33-14-10-26(31)28-12-7-6-8-23(2)24(3)29;1-3-4(2)5/h8H,4-7,9-22H2,1-3H3,(H,27,30)(H,28,31);3H2,1-2H3/b23-8+;. The van der Waals surface area contributed by atoms with Crippen LogP contribution in [0.3, 0.4) is 0 Å². The number of Topliss-reactive ketones (excluding diaryl/α,β-unsaturated/α-hetero) is 2. The van der Waals surface area contributed by atoms with Gasteiger partial charge in [-0.15, -0.1) is 0 Å². The average molecular weight is 589 g/mol. The van der Waals surface area contributed by atoms with E-state index in [4.69, 9.17) is 23.7 Å². The fraction of sp³-hybridized carbons (Fsp3) is 0.800. The summed E-state index contributed by atoms with van der Waals surface area (Å²) in [5.74, 6) is 0.307. The maximum absolute atomic E-state index is 11.7. The Kier molecular flexibility index (Phi) is 32.3. The molecular formula is C30H56N2O9.